The summed E-state index contributed by atoms with van der Waals surface area (Å²) in [7, 11) is 0. The van der Waals surface area contributed by atoms with Crippen LogP contribution in [0.1, 0.15) is 22.8 Å². The molecule has 0 saturated heterocycles. The van der Waals surface area contributed by atoms with Crippen LogP contribution in [0.3, 0.4) is 0 Å². The molecule has 0 saturated carbocycles. The molecule has 2 aromatic rings. The topological polar surface area (TPSA) is 102 Å². The summed E-state index contributed by atoms with van der Waals surface area (Å²) in [5.41, 5.74) is 0.785. The molecule has 118 valence electrons. The van der Waals surface area contributed by atoms with Gasteiger partial charge in [-0.25, -0.2) is 4.79 Å². The molecule has 0 aliphatic carbocycles. The summed E-state index contributed by atoms with van der Waals surface area (Å²) < 4.78 is 4.87. The molecule has 1 N–H and O–H groups in total. The van der Waals surface area contributed by atoms with E-state index in [1.807, 2.05) is 0 Å². The van der Waals surface area contributed by atoms with E-state index in [0.29, 0.717) is 17.9 Å². The van der Waals surface area contributed by atoms with E-state index < -0.39 is 16.6 Å². The fourth-order valence-electron chi connectivity index (χ4n) is 1.84. The summed E-state index contributed by atoms with van der Waals surface area (Å²) in [5.74, 6) is -0.858. The van der Waals surface area contributed by atoms with Crippen LogP contribution in [-0.2, 0) is 4.74 Å². The Kier molecular flexibility index (Phi) is 5.03. The molecule has 0 aliphatic rings. The number of nitro benzene ring substituents is 1. The molecule has 7 heteroatoms. The number of rotatable bonds is 5. The second-order valence-electron chi connectivity index (χ2n) is 4.50. The highest BCUT2D eigenvalue weighted by Crippen LogP contribution is 2.28. The Balaban J connectivity index is 2.19. The molecule has 0 heterocycles. The Morgan fingerprint density at radius 1 is 1.30 bits per heavy atom. The molecule has 0 spiro atoms. The zero-order valence-corrected chi connectivity index (χ0v) is 12.3. The third kappa shape index (κ3) is 3.91. The third-order valence-corrected chi connectivity index (χ3v) is 2.97. The number of benzene rings is 2. The van der Waals surface area contributed by atoms with E-state index in [1.165, 1.54) is 24.4 Å². The van der Waals surface area contributed by atoms with Crippen molar-refractivity contribution in [3.8, 4) is 5.75 Å². The highest BCUT2D eigenvalue weighted by Gasteiger charge is 2.15. The zero-order chi connectivity index (χ0) is 16.8. The minimum atomic E-state index is -0.666. The Morgan fingerprint density at radius 3 is 2.61 bits per heavy atom. The fraction of sp³-hybridized carbons (Fsp3) is 0.125. The number of hydrogen-bond acceptors (Lipinski definition) is 6. The first-order valence-electron chi connectivity index (χ1n) is 6.80. The molecule has 0 atom stereocenters. The van der Waals surface area contributed by atoms with Crippen LogP contribution in [0.5, 0.6) is 5.75 Å². The number of carbonyl (C=O) groups is 1. The lowest BCUT2D eigenvalue weighted by Crippen LogP contribution is -2.03. The summed E-state index contributed by atoms with van der Waals surface area (Å²) in [6.45, 7) is 2.02. The highest BCUT2D eigenvalue weighted by atomic mass is 16.6. The molecule has 2 aromatic carbocycles. The number of ether oxygens (including phenoxy) is 1. The molecule has 7 nitrogen and oxygen atoms in total. The second-order valence-corrected chi connectivity index (χ2v) is 4.50. The van der Waals surface area contributed by atoms with Crippen LogP contribution >= 0.6 is 0 Å². The van der Waals surface area contributed by atoms with Crippen molar-refractivity contribution in [1.29, 1.82) is 0 Å². The van der Waals surface area contributed by atoms with Crippen molar-refractivity contribution in [2.24, 2.45) is 4.99 Å². The van der Waals surface area contributed by atoms with Crippen LogP contribution in [0.4, 0.5) is 11.4 Å². The lowest BCUT2D eigenvalue weighted by atomic mass is 10.2. The van der Waals surface area contributed by atoms with Gasteiger partial charge in [0.2, 0.25) is 5.75 Å². The molecule has 0 bridgehead atoms. The minimum absolute atomic E-state index is 0.230. The summed E-state index contributed by atoms with van der Waals surface area (Å²) in [6, 6.07) is 10.5. The van der Waals surface area contributed by atoms with Gasteiger partial charge in [0.15, 0.2) is 0 Å². The number of nitro groups is 1. The molecule has 2 rings (SSSR count). The Labute approximate surface area is 132 Å². The number of para-hydroxylation sites is 1. The monoisotopic (exact) mass is 314 g/mol. The summed E-state index contributed by atoms with van der Waals surface area (Å²) in [4.78, 5) is 25.7. The van der Waals surface area contributed by atoms with Crippen LogP contribution in [-0.4, -0.2) is 28.8 Å². The van der Waals surface area contributed by atoms with E-state index in [9.17, 15) is 20.0 Å². The average Bonchev–Trinajstić information content (AvgIpc) is 2.54. The van der Waals surface area contributed by atoms with Gasteiger partial charge in [0.05, 0.1) is 22.8 Å². The Hall–Kier alpha value is -3.22. The number of phenolic OH excluding ortho intramolecular Hbond substituents is 1. The van der Waals surface area contributed by atoms with E-state index in [0.717, 1.165) is 0 Å². The molecule has 0 radical (unpaired) electrons. The van der Waals surface area contributed by atoms with Crippen LogP contribution in [0.25, 0.3) is 0 Å². The van der Waals surface area contributed by atoms with Crippen LogP contribution in [0.2, 0.25) is 0 Å². The summed E-state index contributed by atoms with van der Waals surface area (Å²) in [6.07, 6.45) is 1.32. The summed E-state index contributed by atoms with van der Waals surface area (Å²) in [5, 5.41) is 20.6. The smallest absolute Gasteiger partial charge is 0.338 e. The standard InChI is InChI=1S/C16H14N2O5/c1-2-23-16(20)11-6-8-13(9-7-11)17-10-12-4-3-5-14(15(12)19)18(21)22/h3-10,19H,2H2,1H3. The van der Waals surface area contributed by atoms with Crippen molar-refractivity contribution < 1.29 is 19.6 Å². The maximum atomic E-state index is 11.5. The number of nitrogens with zero attached hydrogens (tertiary/aromatic N) is 2. The van der Waals surface area contributed by atoms with Gasteiger partial charge in [0, 0.05) is 17.8 Å². The van der Waals surface area contributed by atoms with Gasteiger partial charge in [0.25, 0.3) is 0 Å². The Morgan fingerprint density at radius 2 is 2.00 bits per heavy atom. The highest BCUT2D eigenvalue weighted by molar-refractivity contribution is 5.90. The van der Waals surface area contributed by atoms with Gasteiger partial charge in [-0.15, -0.1) is 0 Å². The normalized spacial score (nSPS) is 10.7. The first-order chi connectivity index (χ1) is 11.0. The molecular weight excluding hydrogens is 300 g/mol. The van der Waals surface area contributed by atoms with Crippen molar-refractivity contribution in [2.45, 2.75) is 6.92 Å². The van der Waals surface area contributed by atoms with E-state index in [4.69, 9.17) is 4.74 Å². The van der Waals surface area contributed by atoms with Gasteiger partial charge in [-0.3, -0.25) is 15.1 Å². The SMILES string of the molecule is CCOC(=O)c1ccc(N=Cc2cccc([N+](=O)[O-])c2O)cc1. The van der Waals surface area contributed by atoms with Gasteiger partial charge in [-0.1, -0.05) is 6.07 Å². The van der Waals surface area contributed by atoms with Crippen molar-refractivity contribution in [3.63, 3.8) is 0 Å². The molecule has 0 unspecified atom stereocenters. The molecule has 23 heavy (non-hydrogen) atoms. The number of esters is 1. The Bertz CT molecular complexity index is 754. The van der Waals surface area contributed by atoms with Crippen LogP contribution < -0.4 is 0 Å². The lowest BCUT2D eigenvalue weighted by Gasteiger charge is -2.02. The largest absolute Gasteiger partial charge is 0.502 e. The minimum Gasteiger partial charge on any atom is -0.502 e. The average molecular weight is 314 g/mol. The second kappa shape index (κ2) is 7.17. The molecule has 0 amide bonds. The van der Waals surface area contributed by atoms with Gasteiger partial charge in [-0.05, 0) is 37.3 Å². The predicted molar refractivity (Wildman–Crippen MR) is 84.4 cm³/mol. The quantitative estimate of drug-likeness (QED) is 0.395. The third-order valence-electron chi connectivity index (χ3n) is 2.97. The maximum absolute atomic E-state index is 11.5. The summed E-state index contributed by atoms with van der Waals surface area (Å²) >= 11 is 0. The van der Waals surface area contributed by atoms with Gasteiger partial charge in [0.1, 0.15) is 0 Å². The van der Waals surface area contributed by atoms with Crippen molar-refractivity contribution in [1.82, 2.24) is 0 Å². The first-order valence-corrected chi connectivity index (χ1v) is 6.80. The van der Waals surface area contributed by atoms with Crippen molar-refractivity contribution in [3.05, 3.63) is 63.7 Å². The first kappa shape index (κ1) is 16.2. The van der Waals surface area contributed by atoms with E-state index in [1.54, 1.807) is 31.2 Å². The van der Waals surface area contributed by atoms with Crippen molar-refractivity contribution >= 4 is 23.6 Å². The fourth-order valence-corrected chi connectivity index (χ4v) is 1.84. The van der Waals surface area contributed by atoms with Crippen LogP contribution in [0.15, 0.2) is 47.5 Å². The number of hydrogen-bond donors (Lipinski definition) is 1. The van der Waals surface area contributed by atoms with Gasteiger partial charge < -0.3 is 9.84 Å². The number of carbonyl (C=O) groups excluding carboxylic acids is 1. The van der Waals surface area contributed by atoms with E-state index >= 15 is 0 Å². The number of aromatic hydroxyl groups is 1. The van der Waals surface area contributed by atoms with Gasteiger partial charge >= 0.3 is 11.7 Å². The maximum Gasteiger partial charge on any atom is 0.338 e. The molecule has 0 aliphatic heterocycles. The lowest BCUT2D eigenvalue weighted by molar-refractivity contribution is -0.385. The van der Waals surface area contributed by atoms with Crippen LogP contribution in [0, 0.1) is 10.1 Å². The van der Waals surface area contributed by atoms with E-state index in [2.05, 4.69) is 4.99 Å². The number of aliphatic imine (C=N–C) groups is 1. The molecular formula is C16H14N2O5. The molecule has 0 aromatic heterocycles. The zero-order valence-electron chi connectivity index (χ0n) is 12.3. The van der Waals surface area contributed by atoms with Gasteiger partial charge in [-0.2, -0.15) is 0 Å². The number of phenols is 1. The van der Waals surface area contributed by atoms with Crippen molar-refractivity contribution in [2.75, 3.05) is 6.61 Å². The predicted octanol–water partition coefficient (Wildman–Crippen LogP) is 3.23. The molecule has 0 fully saturated rings. The van der Waals surface area contributed by atoms with E-state index in [-0.39, 0.29) is 11.3 Å².